The molecular formula is C18H21N5O6. The quantitative estimate of drug-likeness (QED) is 0.466. The summed E-state index contributed by atoms with van der Waals surface area (Å²) < 4.78 is 6.38. The minimum Gasteiger partial charge on any atom is -0.442 e. The van der Waals surface area contributed by atoms with Gasteiger partial charge in [0.2, 0.25) is 11.8 Å². The summed E-state index contributed by atoms with van der Waals surface area (Å²) in [6, 6.07) is 3.26. The van der Waals surface area contributed by atoms with Gasteiger partial charge in [-0.1, -0.05) is 0 Å². The molecule has 2 amide bonds. The molecule has 1 N–H and O–H groups in total. The lowest BCUT2D eigenvalue weighted by Gasteiger charge is -2.29. The van der Waals surface area contributed by atoms with E-state index in [1.54, 1.807) is 27.8 Å². The van der Waals surface area contributed by atoms with Gasteiger partial charge in [-0.05, 0) is 33.3 Å². The van der Waals surface area contributed by atoms with Crippen LogP contribution >= 0.6 is 0 Å². The van der Waals surface area contributed by atoms with E-state index in [9.17, 15) is 24.5 Å². The van der Waals surface area contributed by atoms with Crippen LogP contribution in [0.3, 0.4) is 0 Å². The molecule has 1 aliphatic heterocycles. The second kappa shape index (κ2) is 7.15. The number of carbonyl (C=O) groups excluding carboxylic acids is 3. The zero-order valence-corrected chi connectivity index (χ0v) is 16.5. The molecule has 1 saturated heterocycles. The van der Waals surface area contributed by atoms with Crippen LogP contribution in [-0.4, -0.2) is 51.3 Å². The highest BCUT2D eigenvalue weighted by atomic mass is 16.6. The molecule has 1 unspecified atom stereocenters. The van der Waals surface area contributed by atoms with Gasteiger partial charge in [0.05, 0.1) is 15.8 Å². The third-order valence-corrected chi connectivity index (χ3v) is 4.43. The summed E-state index contributed by atoms with van der Waals surface area (Å²) in [7, 11) is 1.58. The van der Waals surface area contributed by atoms with Gasteiger partial charge in [-0.2, -0.15) is 4.68 Å². The molecule has 0 spiro atoms. The monoisotopic (exact) mass is 403 g/mol. The summed E-state index contributed by atoms with van der Waals surface area (Å²) in [6.45, 7) is 5.12. The van der Waals surface area contributed by atoms with Crippen molar-refractivity contribution in [1.82, 2.24) is 15.1 Å². The molecule has 0 radical (unpaired) electrons. The van der Waals surface area contributed by atoms with Crippen molar-refractivity contribution in [1.29, 1.82) is 0 Å². The molecule has 1 aromatic heterocycles. The molecule has 0 saturated carbocycles. The van der Waals surface area contributed by atoms with E-state index in [2.05, 4.69) is 10.4 Å². The highest BCUT2D eigenvalue weighted by Gasteiger charge is 2.33. The fourth-order valence-corrected chi connectivity index (χ4v) is 3.11. The Morgan fingerprint density at radius 2 is 2.07 bits per heavy atom. The summed E-state index contributed by atoms with van der Waals surface area (Å²) in [4.78, 5) is 48.5. The average molecular weight is 403 g/mol. The van der Waals surface area contributed by atoms with Gasteiger partial charge in [0.25, 0.3) is 5.69 Å². The summed E-state index contributed by atoms with van der Waals surface area (Å²) in [5, 5.41) is 18.1. The van der Waals surface area contributed by atoms with E-state index in [-0.39, 0.29) is 30.3 Å². The molecule has 2 heterocycles. The van der Waals surface area contributed by atoms with Crippen LogP contribution < -0.4 is 10.2 Å². The van der Waals surface area contributed by atoms with Crippen molar-refractivity contribution < 1.29 is 24.0 Å². The van der Waals surface area contributed by atoms with Gasteiger partial charge in [-0.3, -0.25) is 25.0 Å². The van der Waals surface area contributed by atoms with Gasteiger partial charge in [-0.15, -0.1) is 5.10 Å². The first-order valence-corrected chi connectivity index (χ1v) is 8.95. The third kappa shape index (κ3) is 4.03. The number of nitro benzene ring substituents is 1. The number of non-ortho nitro benzene ring substituents is 1. The predicted molar refractivity (Wildman–Crippen MR) is 103 cm³/mol. The van der Waals surface area contributed by atoms with Gasteiger partial charge in [0.15, 0.2) is 5.82 Å². The number of piperidine rings is 1. The minimum absolute atomic E-state index is 0.158. The van der Waals surface area contributed by atoms with Gasteiger partial charge in [-0.25, -0.2) is 4.79 Å². The first-order chi connectivity index (χ1) is 13.5. The van der Waals surface area contributed by atoms with Crippen molar-refractivity contribution in [3.63, 3.8) is 0 Å². The zero-order valence-electron chi connectivity index (χ0n) is 16.5. The van der Waals surface area contributed by atoms with E-state index in [1.165, 1.54) is 23.1 Å². The predicted octanol–water partition coefficient (Wildman–Crippen LogP) is 1.97. The fraction of sp³-hybridized carbons (Fsp3) is 0.444. The minimum atomic E-state index is -0.772. The van der Waals surface area contributed by atoms with Crippen LogP contribution in [0.5, 0.6) is 0 Å². The molecule has 11 nitrogen and oxygen atoms in total. The number of carbonyl (C=O) groups is 3. The van der Waals surface area contributed by atoms with Crippen molar-refractivity contribution >= 4 is 40.3 Å². The Hall–Kier alpha value is -3.50. The zero-order chi connectivity index (χ0) is 21.5. The molecule has 0 aliphatic carbocycles. The van der Waals surface area contributed by atoms with Gasteiger partial charge in [0.1, 0.15) is 11.6 Å². The number of nitrogens with one attached hydrogen (secondary N) is 1. The molecule has 29 heavy (non-hydrogen) atoms. The summed E-state index contributed by atoms with van der Waals surface area (Å²) in [6.07, 6.45) is -0.332. The van der Waals surface area contributed by atoms with Crippen LogP contribution in [0.25, 0.3) is 10.9 Å². The van der Waals surface area contributed by atoms with Crippen LogP contribution in [0.1, 0.15) is 33.6 Å². The number of hydrogen-bond acceptors (Lipinski definition) is 8. The van der Waals surface area contributed by atoms with E-state index in [0.717, 1.165) is 4.68 Å². The fourth-order valence-electron chi connectivity index (χ4n) is 3.11. The third-order valence-electron chi connectivity index (χ3n) is 4.43. The number of rotatable bonds is 3. The molecular weight excluding hydrogens is 382 g/mol. The van der Waals surface area contributed by atoms with E-state index in [4.69, 9.17) is 4.74 Å². The summed E-state index contributed by atoms with van der Waals surface area (Å²) >= 11 is 0. The SMILES string of the molecule is CN(c1nn(C(=O)OC(C)(C)C)c2ccc([N+](=O)[O-])cc12)C1CCC(=O)NC1=O. The molecule has 2 aromatic rings. The Morgan fingerprint density at radius 3 is 2.66 bits per heavy atom. The van der Waals surface area contributed by atoms with Crippen LogP contribution in [0.2, 0.25) is 0 Å². The molecule has 1 fully saturated rings. The van der Waals surface area contributed by atoms with Crippen molar-refractivity contribution in [3.8, 4) is 0 Å². The highest BCUT2D eigenvalue weighted by Crippen LogP contribution is 2.31. The number of benzene rings is 1. The van der Waals surface area contributed by atoms with Gasteiger partial charge in [0, 0.05) is 25.6 Å². The molecule has 1 aromatic carbocycles. The Balaban J connectivity index is 2.10. The Morgan fingerprint density at radius 1 is 1.38 bits per heavy atom. The van der Waals surface area contributed by atoms with E-state index >= 15 is 0 Å². The van der Waals surface area contributed by atoms with Crippen LogP contribution in [0, 0.1) is 10.1 Å². The highest BCUT2D eigenvalue weighted by molar-refractivity contribution is 6.03. The standard InChI is InChI=1S/C18H21N5O6/c1-18(2,3)29-17(26)22-12-6-5-10(23(27)28)9-11(12)15(20-22)21(4)13-7-8-14(24)19-16(13)25/h5-6,9,13H,7-8H2,1-4H3,(H,19,24,25). The molecule has 0 bridgehead atoms. The number of fused-ring (bicyclic) bond motifs is 1. The topological polar surface area (TPSA) is 137 Å². The Bertz CT molecular complexity index is 1020. The number of likely N-dealkylation sites (N-methyl/N-ethyl adjacent to an activating group) is 1. The van der Waals surface area contributed by atoms with E-state index < -0.39 is 28.6 Å². The van der Waals surface area contributed by atoms with Crippen LogP contribution in [0.15, 0.2) is 18.2 Å². The molecule has 1 aliphatic rings. The van der Waals surface area contributed by atoms with E-state index in [0.29, 0.717) is 10.9 Å². The van der Waals surface area contributed by atoms with Crippen molar-refractivity contribution in [2.75, 3.05) is 11.9 Å². The number of nitro groups is 1. The van der Waals surface area contributed by atoms with Crippen molar-refractivity contribution in [3.05, 3.63) is 28.3 Å². The first-order valence-electron chi connectivity index (χ1n) is 8.95. The van der Waals surface area contributed by atoms with Crippen LogP contribution in [-0.2, 0) is 14.3 Å². The number of aromatic nitrogens is 2. The molecule has 11 heteroatoms. The average Bonchev–Trinajstić information content (AvgIpc) is 2.98. The largest absolute Gasteiger partial charge is 0.442 e. The number of imide groups is 1. The van der Waals surface area contributed by atoms with E-state index in [1.807, 2.05) is 0 Å². The lowest BCUT2D eigenvalue weighted by Crippen LogP contribution is -2.51. The summed E-state index contributed by atoms with van der Waals surface area (Å²) in [5.41, 5.74) is -0.649. The maximum Gasteiger partial charge on any atom is 0.435 e. The number of anilines is 1. The van der Waals surface area contributed by atoms with Crippen LogP contribution in [0.4, 0.5) is 16.3 Å². The van der Waals surface area contributed by atoms with Crippen molar-refractivity contribution in [2.24, 2.45) is 0 Å². The number of ether oxygens (including phenoxy) is 1. The van der Waals surface area contributed by atoms with Gasteiger partial charge >= 0.3 is 6.09 Å². The second-order valence-electron chi connectivity index (χ2n) is 7.75. The summed E-state index contributed by atoms with van der Waals surface area (Å²) in [5.74, 6) is -0.655. The number of nitrogens with zero attached hydrogens (tertiary/aromatic N) is 4. The number of amides is 2. The lowest BCUT2D eigenvalue weighted by atomic mass is 10.0. The molecule has 3 rings (SSSR count). The Labute approximate surface area is 165 Å². The van der Waals surface area contributed by atoms with Crippen molar-refractivity contribution in [2.45, 2.75) is 45.3 Å². The second-order valence-corrected chi connectivity index (χ2v) is 7.75. The first kappa shape index (κ1) is 20.2. The maximum atomic E-state index is 12.6. The van der Waals surface area contributed by atoms with Gasteiger partial charge < -0.3 is 9.64 Å². The maximum absolute atomic E-state index is 12.6. The number of hydrogen-bond donors (Lipinski definition) is 1. The lowest BCUT2D eigenvalue weighted by molar-refractivity contribution is -0.384. The Kier molecular flexibility index (Phi) is 4.99. The normalized spacial score (nSPS) is 17.2. The molecule has 1 atom stereocenters. The molecule has 154 valence electrons. The smallest absolute Gasteiger partial charge is 0.435 e.